The number of phenolic OH excluding ortho intramolecular Hbond substituents is 1. The summed E-state index contributed by atoms with van der Waals surface area (Å²) in [5, 5.41) is 14.1. The molecule has 0 saturated carbocycles. The summed E-state index contributed by atoms with van der Waals surface area (Å²) in [6.07, 6.45) is 0. The van der Waals surface area contributed by atoms with Crippen LogP contribution >= 0.6 is 23.2 Å². The SMILES string of the molecule is COc1cccc(Cl)c1CNCc1c(O)cccc1Cl. The van der Waals surface area contributed by atoms with Gasteiger partial charge in [-0.1, -0.05) is 35.3 Å². The van der Waals surface area contributed by atoms with Gasteiger partial charge in [0.05, 0.1) is 7.11 Å². The van der Waals surface area contributed by atoms with E-state index in [-0.39, 0.29) is 5.75 Å². The van der Waals surface area contributed by atoms with Gasteiger partial charge in [0.25, 0.3) is 0 Å². The van der Waals surface area contributed by atoms with Crippen LogP contribution in [0.5, 0.6) is 11.5 Å². The molecular formula is C15H15Cl2NO2. The maximum absolute atomic E-state index is 9.77. The minimum Gasteiger partial charge on any atom is -0.508 e. The van der Waals surface area contributed by atoms with Crippen LogP contribution in [0.1, 0.15) is 11.1 Å². The van der Waals surface area contributed by atoms with Gasteiger partial charge in [0.15, 0.2) is 0 Å². The van der Waals surface area contributed by atoms with E-state index in [1.54, 1.807) is 25.3 Å². The molecule has 0 atom stereocenters. The molecule has 0 saturated heterocycles. The zero-order valence-electron chi connectivity index (χ0n) is 11.0. The minimum absolute atomic E-state index is 0.177. The van der Waals surface area contributed by atoms with Crippen molar-refractivity contribution in [1.29, 1.82) is 0 Å². The van der Waals surface area contributed by atoms with Crippen molar-refractivity contribution in [1.82, 2.24) is 5.32 Å². The van der Waals surface area contributed by atoms with Crippen LogP contribution in [0.25, 0.3) is 0 Å². The predicted molar refractivity (Wildman–Crippen MR) is 81.7 cm³/mol. The maximum atomic E-state index is 9.77. The van der Waals surface area contributed by atoms with Crippen molar-refractivity contribution in [2.24, 2.45) is 0 Å². The summed E-state index contributed by atoms with van der Waals surface area (Å²) in [4.78, 5) is 0. The first-order valence-corrected chi connectivity index (χ1v) is 6.87. The Morgan fingerprint density at radius 1 is 1.00 bits per heavy atom. The second kappa shape index (κ2) is 6.84. The second-order valence-corrected chi connectivity index (χ2v) is 5.08. The van der Waals surface area contributed by atoms with Gasteiger partial charge in [-0.3, -0.25) is 0 Å². The fourth-order valence-corrected chi connectivity index (χ4v) is 2.41. The topological polar surface area (TPSA) is 41.5 Å². The van der Waals surface area contributed by atoms with E-state index in [9.17, 15) is 5.11 Å². The van der Waals surface area contributed by atoms with Crippen LogP contribution in [0.15, 0.2) is 36.4 Å². The number of phenols is 1. The summed E-state index contributed by atoms with van der Waals surface area (Å²) in [5.74, 6) is 0.907. The van der Waals surface area contributed by atoms with E-state index in [0.29, 0.717) is 28.7 Å². The molecule has 3 nitrogen and oxygen atoms in total. The average molecular weight is 312 g/mol. The van der Waals surface area contributed by atoms with E-state index in [2.05, 4.69) is 5.32 Å². The van der Waals surface area contributed by atoms with Gasteiger partial charge in [0.1, 0.15) is 11.5 Å². The van der Waals surface area contributed by atoms with Crippen molar-refractivity contribution in [2.75, 3.05) is 7.11 Å². The molecule has 0 amide bonds. The van der Waals surface area contributed by atoms with Gasteiger partial charge < -0.3 is 15.2 Å². The lowest BCUT2D eigenvalue weighted by atomic mass is 10.1. The van der Waals surface area contributed by atoms with Crippen LogP contribution in [-0.4, -0.2) is 12.2 Å². The smallest absolute Gasteiger partial charge is 0.124 e. The van der Waals surface area contributed by atoms with Crippen LogP contribution in [0.2, 0.25) is 10.0 Å². The van der Waals surface area contributed by atoms with Crippen molar-refractivity contribution in [3.8, 4) is 11.5 Å². The molecule has 2 rings (SSSR count). The molecule has 0 unspecified atom stereocenters. The minimum atomic E-state index is 0.177. The Labute approximate surface area is 128 Å². The van der Waals surface area contributed by atoms with Crippen LogP contribution in [-0.2, 0) is 13.1 Å². The van der Waals surface area contributed by atoms with Gasteiger partial charge in [0.2, 0.25) is 0 Å². The van der Waals surface area contributed by atoms with E-state index < -0.39 is 0 Å². The summed E-state index contributed by atoms with van der Waals surface area (Å²) < 4.78 is 5.28. The lowest BCUT2D eigenvalue weighted by Gasteiger charge is -2.12. The van der Waals surface area contributed by atoms with Crippen LogP contribution in [0.3, 0.4) is 0 Å². The average Bonchev–Trinajstić information content (AvgIpc) is 2.43. The monoisotopic (exact) mass is 311 g/mol. The molecule has 2 N–H and O–H groups in total. The molecule has 0 aliphatic heterocycles. The highest BCUT2D eigenvalue weighted by atomic mass is 35.5. The molecule has 0 aliphatic rings. The highest BCUT2D eigenvalue weighted by Gasteiger charge is 2.09. The Bertz CT molecular complexity index is 582. The zero-order valence-corrected chi connectivity index (χ0v) is 12.5. The van der Waals surface area contributed by atoms with Crippen LogP contribution in [0.4, 0.5) is 0 Å². The molecule has 0 spiro atoms. The Kier molecular flexibility index (Phi) is 5.12. The van der Waals surface area contributed by atoms with Crippen molar-refractivity contribution >= 4 is 23.2 Å². The fourth-order valence-electron chi connectivity index (χ4n) is 1.94. The first-order valence-electron chi connectivity index (χ1n) is 6.12. The molecule has 2 aromatic carbocycles. The number of methoxy groups -OCH3 is 1. The molecule has 0 radical (unpaired) electrons. The summed E-state index contributed by atoms with van der Waals surface area (Å²) in [6, 6.07) is 10.6. The maximum Gasteiger partial charge on any atom is 0.124 e. The van der Waals surface area contributed by atoms with E-state index in [4.69, 9.17) is 27.9 Å². The second-order valence-electron chi connectivity index (χ2n) is 4.26. The van der Waals surface area contributed by atoms with Crippen molar-refractivity contribution in [2.45, 2.75) is 13.1 Å². The summed E-state index contributed by atoms with van der Waals surface area (Å²) >= 11 is 12.2. The van der Waals surface area contributed by atoms with Crippen molar-refractivity contribution in [3.05, 3.63) is 57.6 Å². The Balaban J connectivity index is 2.07. The molecule has 0 heterocycles. The molecule has 0 fully saturated rings. The van der Waals surface area contributed by atoms with Gasteiger partial charge in [0, 0.05) is 34.3 Å². The Morgan fingerprint density at radius 3 is 2.25 bits per heavy atom. The molecule has 0 aromatic heterocycles. The fraction of sp³-hybridized carbons (Fsp3) is 0.200. The third-order valence-corrected chi connectivity index (χ3v) is 3.70. The lowest BCUT2D eigenvalue weighted by molar-refractivity contribution is 0.407. The first kappa shape index (κ1) is 15.0. The summed E-state index contributed by atoms with van der Waals surface area (Å²) in [7, 11) is 1.61. The Hall–Kier alpha value is -1.42. The van der Waals surface area contributed by atoms with Gasteiger partial charge >= 0.3 is 0 Å². The van der Waals surface area contributed by atoms with Crippen LogP contribution in [0, 0.1) is 0 Å². The van der Waals surface area contributed by atoms with Gasteiger partial charge in [-0.25, -0.2) is 0 Å². The molecule has 0 bridgehead atoms. The van der Waals surface area contributed by atoms with Crippen molar-refractivity contribution < 1.29 is 9.84 Å². The van der Waals surface area contributed by atoms with E-state index in [1.807, 2.05) is 18.2 Å². The first-order chi connectivity index (χ1) is 9.63. The van der Waals surface area contributed by atoms with Gasteiger partial charge in [-0.05, 0) is 24.3 Å². The standard InChI is InChI=1S/C15H15Cl2NO2/c1-20-15-7-3-5-13(17)11(15)9-18-8-10-12(16)4-2-6-14(10)19/h2-7,18-19H,8-9H2,1H3. The third kappa shape index (κ3) is 3.37. The molecule has 20 heavy (non-hydrogen) atoms. The highest BCUT2D eigenvalue weighted by Crippen LogP contribution is 2.27. The number of nitrogens with one attached hydrogen (secondary N) is 1. The number of ether oxygens (including phenoxy) is 1. The largest absolute Gasteiger partial charge is 0.508 e. The molecule has 0 aliphatic carbocycles. The summed E-state index contributed by atoms with van der Waals surface area (Å²) in [5.41, 5.74) is 1.54. The number of halogens is 2. The molecule has 106 valence electrons. The van der Waals surface area contributed by atoms with E-state index in [0.717, 1.165) is 11.3 Å². The van der Waals surface area contributed by atoms with E-state index >= 15 is 0 Å². The lowest BCUT2D eigenvalue weighted by Crippen LogP contribution is -2.14. The Morgan fingerprint density at radius 2 is 1.60 bits per heavy atom. The predicted octanol–water partition coefficient (Wildman–Crippen LogP) is 4.00. The third-order valence-electron chi connectivity index (χ3n) is 2.99. The number of aromatic hydroxyl groups is 1. The number of rotatable bonds is 5. The number of hydrogen-bond acceptors (Lipinski definition) is 3. The summed E-state index contributed by atoms with van der Waals surface area (Å²) in [6.45, 7) is 0.966. The molecule has 5 heteroatoms. The highest BCUT2D eigenvalue weighted by molar-refractivity contribution is 6.31. The van der Waals surface area contributed by atoms with Crippen molar-refractivity contribution in [3.63, 3.8) is 0 Å². The quantitative estimate of drug-likeness (QED) is 0.877. The zero-order chi connectivity index (χ0) is 14.5. The van der Waals surface area contributed by atoms with Crippen LogP contribution < -0.4 is 10.1 Å². The number of hydrogen-bond donors (Lipinski definition) is 2. The van der Waals surface area contributed by atoms with Gasteiger partial charge in [-0.15, -0.1) is 0 Å². The molecular weight excluding hydrogens is 297 g/mol. The normalized spacial score (nSPS) is 10.6. The van der Waals surface area contributed by atoms with E-state index in [1.165, 1.54) is 0 Å². The number of benzene rings is 2. The molecule has 2 aromatic rings. The van der Waals surface area contributed by atoms with Gasteiger partial charge in [-0.2, -0.15) is 0 Å².